The fourth-order valence-electron chi connectivity index (χ4n) is 2.26. The molecule has 0 atom stereocenters. The van der Waals surface area contributed by atoms with E-state index in [1.807, 2.05) is 38.1 Å². The minimum absolute atomic E-state index is 0.152. The summed E-state index contributed by atoms with van der Waals surface area (Å²) < 4.78 is 32.0. The van der Waals surface area contributed by atoms with Gasteiger partial charge in [-0.15, -0.1) is 0 Å². The zero-order valence-corrected chi connectivity index (χ0v) is 15.1. The van der Waals surface area contributed by atoms with Crippen LogP contribution in [0, 0.1) is 11.6 Å². The summed E-state index contributed by atoms with van der Waals surface area (Å²) in [5.41, 5.74) is 1.36. The van der Waals surface area contributed by atoms with Crippen molar-refractivity contribution in [2.75, 3.05) is 11.9 Å². The quantitative estimate of drug-likeness (QED) is 0.552. The van der Waals surface area contributed by atoms with Gasteiger partial charge in [0.25, 0.3) is 0 Å². The average molecular weight is 364 g/mol. The molecule has 0 unspecified atom stereocenters. The molecule has 134 valence electrons. The van der Waals surface area contributed by atoms with Crippen molar-refractivity contribution >= 4 is 23.0 Å². The Kier molecular flexibility index (Phi) is 7.13. The zero-order chi connectivity index (χ0) is 18.2. The fraction of sp³-hybridized carbons (Fsp3) is 0.316. The van der Waals surface area contributed by atoms with Crippen LogP contribution in [0.1, 0.15) is 25.8 Å². The Morgan fingerprint density at radius 2 is 1.84 bits per heavy atom. The van der Waals surface area contributed by atoms with E-state index in [-0.39, 0.29) is 11.8 Å². The number of aryl methyl sites for hydroxylation is 1. The summed E-state index contributed by atoms with van der Waals surface area (Å²) in [4.78, 5) is 0. The zero-order valence-electron chi connectivity index (χ0n) is 14.3. The maximum absolute atomic E-state index is 13.5. The molecule has 2 rings (SSSR count). The summed E-state index contributed by atoms with van der Waals surface area (Å²) in [7, 11) is 0. The molecular formula is C19H22F2N2OS. The van der Waals surface area contributed by atoms with Gasteiger partial charge >= 0.3 is 0 Å². The predicted octanol–water partition coefficient (Wildman–Crippen LogP) is 4.67. The van der Waals surface area contributed by atoms with Crippen molar-refractivity contribution in [3.8, 4) is 5.75 Å². The molecule has 0 fully saturated rings. The topological polar surface area (TPSA) is 33.3 Å². The van der Waals surface area contributed by atoms with Crippen LogP contribution in [0.5, 0.6) is 5.75 Å². The van der Waals surface area contributed by atoms with Crippen molar-refractivity contribution < 1.29 is 13.5 Å². The number of nitrogens with one attached hydrogen (secondary N) is 2. The highest BCUT2D eigenvalue weighted by molar-refractivity contribution is 7.80. The van der Waals surface area contributed by atoms with E-state index in [4.69, 9.17) is 17.0 Å². The van der Waals surface area contributed by atoms with Crippen LogP contribution in [-0.2, 0) is 6.42 Å². The van der Waals surface area contributed by atoms with Crippen LogP contribution in [0.25, 0.3) is 0 Å². The molecule has 25 heavy (non-hydrogen) atoms. The van der Waals surface area contributed by atoms with Gasteiger partial charge in [-0.3, -0.25) is 0 Å². The number of rotatable bonds is 7. The van der Waals surface area contributed by atoms with Gasteiger partial charge < -0.3 is 15.4 Å². The SMILES string of the molecule is CC(C)Oc1ccc(CCCNC(=S)Nc2ccc(F)cc2F)cc1. The van der Waals surface area contributed by atoms with Crippen LogP contribution in [0.4, 0.5) is 14.5 Å². The van der Waals surface area contributed by atoms with Gasteiger partial charge in [0.15, 0.2) is 5.11 Å². The lowest BCUT2D eigenvalue weighted by atomic mass is 10.1. The molecule has 0 radical (unpaired) electrons. The molecule has 6 heteroatoms. The van der Waals surface area contributed by atoms with Crippen LogP contribution in [0.15, 0.2) is 42.5 Å². The molecule has 0 aliphatic carbocycles. The van der Waals surface area contributed by atoms with Crippen molar-refractivity contribution in [2.24, 2.45) is 0 Å². The molecule has 0 bridgehead atoms. The van der Waals surface area contributed by atoms with Crippen molar-refractivity contribution in [3.05, 3.63) is 59.7 Å². The largest absolute Gasteiger partial charge is 0.491 e. The first-order valence-electron chi connectivity index (χ1n) is 8.19. The monoisotopic (exact) mass is 364 g/mol. The van der Waals surface area contributed by atoms with Crippen molar-refractivity contribution in [2.45, 2.75) is 32.8 Å². The summed E-state index contributed by atoms with van der Waals surface area (Å²) >= 11 is 5.12. The van der Waals surface area contributed by atoms with E-state index in [9.17, 15) is 8.78 Å². The highest BCUT2D eigenvalue weighted by Gasteiger charge is 2.05. The maximum atomic E-state index is 13.5. The van der Waals surface area contributed by atoms with E-state index in [1.54, 1.807) is 0 Å². The first-order valence-corrected chi connectivity index (χ1v) is 8.60. The summed E-state index contributed by atoms with van der Waals surface area (Å²) in [6.45, 7) is 4.64. The lowest BCUT2D eigenvalue weighted by Crippen LogP contribution is -2.29. The number of benzene rings is 2. The molecule has 0 amide bonds. The fourth-order valence-corrected chi connectivity index (χ4v) is 2.47. The maximum Gasteiger partial charge on any atom is 0.170 e. The Morgan fingerprint density at radius 1 is 1.12 bits per heavy atom. The highest BCUT2D eigenvalue weighted by atomic mass is 32.1. The van der Waals surface area contributed by atoms with Crippen LogP contribution in [-0.4, -0.2) is 17.8 Å². The van der Waals surface area contributed by atoms with Gasteiger partial charge in [-0.2, -0.15) is 0 Å². The Bertz CT molecular complexity index is 705. The van der Waals surface area contributed by atoms with E-state index in [1.165, 1.54) is 17.7 Å². The third kappa shape index (κ3) is 6.66. The first kappa shape index (κ1) is 19.1. The van der Waals surface area contributed by atoms with E-state index in [0.717, 1.165) is 24.7 Å². The molecule has 0 heterocycles. The highest BCUT2D eigenvalue weighted by Crippen LogP contribution is 2.15. The Morgan fingerprint density at radius 3 is 2.48 bits per heavy atom. The standard InChI is InChI=1S/C19H22F2N2OS/c1-13(2)24-16-8-5-14(6-9-16)4-3-11-22-19(25)23-18-10-7-15(20)12-17(18)21/h5-10,12-13H,3-4,11H2,1-2H3,(H2,22,23,25). The number of halogens is 2. The van der Waals surface area contributed by atoms with E-state index >= 15 is 0 Å². The number of thiocarbonyl (C=S) groups is 1. The Labute approximate surface area is 152 Å². The van der Waals surface area contributed by atoms with E-state index in [0.29, 0.717) is 11.7 Å². The molecule has 2 N–H and O–H groups in total. The molecule has 0 aliphatic rings. The molecule has 2 aromatic carbocycles. The van der Waals surface area contributed by atoms with Crippen LogP contribution in [0.3, 0.4) is 0 Å². The third-order valence-corrected chi connectivity index (χ3v) is 3.65. The van der Waals surface area contributed by atoms with Gasteiger partial charge in [0.1, 0.15) is 17.4 Å². The minimum Gasteiger partial charge on any atom is -0.491 e. The second-order valence-electron chi connectivity index (χ2n) is 5.92. The van der Waals surface area contributed by atoms with Crippen LogP contribution < -0.4 is 15.4 Å². The van der Waals surface area contributed by atoms with Gasteiger partial charge in [0, 0.05) is 12.6 Å². The van der Waals surface area contributed by atoms with Crippen molar-refractivity contribution in [1.29, 1.82) is 0 Å². The second kappa shape index (κ2) is 9.32. The van der Waals surface area contributed by atoms with E-state index in [2.05, 4.69) is 10.6 Å². The molecule has 2 aromatic rings. The molecule has 0 spiro atoms. The summed E-state index contributed by atoms with van der Waals surface area (Å²) in [6.07, 6.45) is 1.93. The number of ether oxygens (including phenoxy) is 1. The van der Waals surface area contributed by atoms with Gasteiger partial charge in [0.2, 0.25) is 0 Å². The van der Waals surface area contributed by atoms with Gasteiger partial charge in [-0.1, -0.05) is 12.1 Å². The predicted molar refractivity (Wildman–Crippen MR) is 101 cm³/mol. The van der Waals surface area contributed by atoms with E-state index < -0.39 is 11.6 Å². The third-order valence-electron chi connectivity index (χ3n) is 3.40. The van der Waals surface area contributed by atoms with Crippen LogP contribution in [0.2, 0.25) is 0 Å². The Hall–Kier alpha value is -2.21. The van der Waals surface area contributed by atoms with Crippen molar-refractivity contribution in [3.63, 3.8) is 0 Å². The minimum atomic E-state index is -0.673. The molecule has 3 nitrogen and oxygen atoms in total. The summed E-state index contributed by atoms with van der Waals surface area (Å²) in [5.74, 6) is -0.428. The molecule has 0 aromatic heterocycles. The Balaban J connectivity index is 1.70. The second-order valence-corrected chi connectivity index (χ2v) is 6.33. The number of hydrogen-bond acceptors (Lipinski definition) is 2. The lowest BCUT2D eigenvalue weighted by molar-refractivity contribution is 0.242. The summed E-state index contributed by atoms with van der Waals surface area (Å²) in [5, 5.41) is 6.05. The van der Waals surface area contributed by atoms with Gasteiger partial charge in [0.05, 0.1) is 11.8 Å². The molecule has 0 saturated carbocycles. The van der Waals surface area contributed by atoms with Gasteiger partial charge in [-0.25, -0.2) is 8.78 Å². The number of anilines is 1. The average Bonchev–Trinajstić information content (AvgIpc) is 2.55. The molecule has 0 aliphatic heterocycles. The molecular weight excluding hydrogens is 342 g/mol. The summed E-state index contributed by atoms with van der Waals surface area (Å²) in [6, 6.07) is 11.3. The first-order chi connectivity index (χ1) is 11.9. The molecule has 0 saturated heterocycles. The van der Waals surface area contributed by atoms with Crippen LogP contribution >= 0.6 is 12.2 Å². The lowest BCUT2D eigenvalue weighted by Gasteiger charge is -2.12. The van der Waals surface area contributed by atoms with Crippen molar-refractivity contribution in [1.82, 2.24) is 5.32 Å². The number of hydrogen-bond donors (Lipinski definition) is 2. The van der Waals surface area contributed by atoms with Gasteiger partial charge in [-0.05, 0) is 68.7 Å². The smallest absolute Gasteiger partial charge is 0.170 e. The normalized spacial score (nSPS) is 10.6.